The molecule has 1 aromatic carbocycles. The lowest BCUT2D eigenvalue weighted by Gasteiger charge is -2.19. The lowest BCUT2D eigenvalue weighted by atomic mass is 10.2. The summed E-state index contributed by atoms with van der Waals surface area (Å²) in [5.41, 5.74) is 2.39. The third kappa shape index (κ3) is 3.61. The molecule has 0 N–H and O–H groups in total. The van der Waals surface area contributed by atoms with E-state index in [0.29, 0.717) is 17.0 Å². The van der Waals surface area contributed by atoms with Crippen LogP contribution in [-0.2, 0) is 22.4 Å². The maximum absolute atomic E-state index is 12.7. The molecule has 0 saturated carbocycles. The fourth-order valence-electron chi connectivity index (χ4n) is 2.00. The van der Waals surface area contributed by atoms with Crippen LogP contribution in [0.1, 0.15) is 16.7 Å². The van der Waals surface area contributed by atoms with E-state index in [9.17, 15) is 8.42 Å². The number of hydrogen-bond donors (Lipinski definition) is 0. The fraction of sp³-hybridized carbons (Fsp3) is 0.267. The van der Waals surface area contributed by atoms with E-state index in [1.54, 1.807) is 50.6 Å². The Morgan fingerprint density at radius 1 is 1.14 bits per heavy atom. The van der Waals surface area contributed by atoms with Gasteiger partial charge in [0.2, 0.25) is 10.0 Å². The highest BCUT2D eigenvalue weighted by Crippen LogP contribution is 2.22. The number of rotatable bonds is 5. The summed E-state index contributed by atoms with van der Waals surface area (Å²) in [6.07, 6.45) is 3.30. The summed E-state index contributed by atoms with van der Waals surface area (Å²) in [4.78, 5) is 4.23. The lowest BCUT2D eigenvalue weighted by Crippen LogP contribution is -2.27. The minimum absolute atomic E-state index is 0.289. The summed E-state index contributed by atoms with van der Waals surface area (Å²) in [6, 6.07) is 8.86. The molecule has 0 saturated heterocycles. The number of alkyl halides is 1. The van der Waals surface area contributed by atoms with Gasteiger partial charge in [0.1, 0.15) is 0 Å². The van der Waals surface area contributed by atoms with Crippen molar-refractivity contribution < 1.29 is 8.42 Å². The van der Waals surface area contributed by atoms with E-state index in [-0.39, 0.29) is 5.88 Å². The zero-order valence-electron chi connectivity index (χ0n) is 12.0. The number of benzene rings is 1. The van der Waals surface area contributed by atoms with Crippen LogP contribution in [-0.4, -0.2) is 24.8 Å². The number of hydrogen-bond acceptors (Lipinski definition) is 3. The molecule has 0 aliphatic carbocycles. The second-order valence-corrected chi connectivity index (χ2v) is 7.13. The molecule has 2 rings (SSSR count). The van der Waals surface area contributed by atoms with Gasteiger partial charge in [-0.15, -0.1) is 11.6 Å². The summed E-state index contributed by atoms with van der Waals surface area (Å²) in [5.74, 6) is 0.289. The molecule has 0 fully saturated rings. The predicted molar refractivity (Wildman–Crippen MR) is 83.6 cm³/mol. The molecule has 0 atom stereocenters. The van der Waals surface area contributed by atoms with E-state index in [2.05, 4.69) is 4.98 Å². The highest BCUT2D eigenvalue weighted by Gasteiger charge is 2.23. The molecule has 2 aromatic rings. The second kappa shape index (κ2) is 6.56. The van der Waals surface area contributed by atoms with Gasteiger partial charge in [-0.25, -0.2) is 8.42 Å². The molecule has 1 heterocycles. The van der Waals surface area contributed by atoms with Gasteiger partial charge in [0.15, 0.2) is 0 Å². The van der Waals surface area contributed by atoms with Gasteiger partial charge in [0, 0.05) is 31.9 Å². The highest BCUT2D eigenvalue weighted by molar-refractivity contribution is 7.89. The van der Waals surface area contributed by atoms with Crippen LogP contribution >= 0.6 is 11.6 Å². The fourth-order valence-corrected chi connectivity index (χ4v) is 3.60. The maximum atomic E-state index is 12.7. The monoisotopic (exact) mass is 324 g/mol. The van der Waals surface area contributed by atoms with Crippen molar-refractivity contribution >= 4 is 21.6 Å². The van der Waals surface area contributed by atoms with Gasteiger partial charge in [-0.05, 0) is 41.8 Å². The summed E-state index contributed by atoms with van der Waals surface area (Å²) in [6.45, 7) is 2.08. The van der Waals surface area contributed by atoms with E-state index in [1.807, 2.05) is 6.07 Å². The largest absolute Gasteiger partial charge is 0.265 e. The zero-order chi connectivity index (χ0) is 15.5. The Hall–Kier alpha value is -1.43. The average Bonchev–Trinajstić information content (AvgIpc) is 2.48. The second-order valence-electron chi connectivity index (χ2n) is 4.85. The van der Waals surface area contributed by atoms with Crippen molar-refractivity contribution in [2.45, 2.75) is 24.2 Å². The van der Waals surface area contributed by atoms with Gasteiger partial charge in [0.25, 0.3) is 0 Å². The van der Waals surface area contributed by atoms with Gasteiger partial charge in [0.05, 0.1) is 4.90 Å². The molecule has 21 heavy (non-hydrogen) atoms. The SMILES string of the molecule is Cc1ccc(CCl)cc1S(=O)(=O)N(C)Cc1ccncc1. The Morgan fingerprint density at radius 2 is 1.81 bits per heavy atom. The third-order valence-electron chi connectivity index (χ3n) is 3.25. The van der Waals surface area contributed by atoms with E-state index in [4.69, 9.17) is 11.6 Å². The maximum Gasteiger partial charge on any atom is 0.243 e. The first kappa shape index (κ1) is 15.9. The number of nitrogens with zero attached hydrogens (tertiary/aromatic N) is 2. The smallest absolute Gasteiger partial charge is 0.243 e. The summed E-state index contributed by atoms with van der Waals surface area (Å²) in [7, 11) is -1.97. The summed E-state index contributed by atoms with van der Waals surface area (Å²) >= 11 is 5.80. The van der Waals surface area contributed by atoms with Crippen LogP contribution in [0, 0.1) is 6.92 Å². The molecule has 0 bridgehead atoms. The minimum atomic E-state index is -3.55. The van der Waals surface area contributed by atoms with Crippen molar-refractivity contribution in [2.75, 3.05) is 7.05 Å². The van der Waals surface area contributed by atoms with Crippen LogP contribution in [0.15, 0.2) is 47.6 Å². The van der Waals surface area contributed by atoms with Crippen LogP contribution in [0.3, 0.4) is 0 Å². The zero-order valence-corrected chi connectivity index (χ0v) is 13.5. The van der Waals surface area contributed by atoms with Crippen LogP contribution in [0.4, 0.5) is 0 Å². The van der Waals surface area contributed by atoms with Crippen molar-refractivity contribution in [1.82, 2.24) is 9.29 Å². The number of halogens is 1. The number of pyridine rings is 1. The van der Waals surface area contributed by atoms with Crippen molar-refractivity contribution in [3.8, 4) is 0 Å². The molecule has 4 nitrogen and oxygen atoms in total. The Bertz CT molecular complexity index is 718. The van der Waals surface area contributed by atoms with Crippen molar-refractivity contribution in [3.63, 3.8) is 0 Å². The predicted octanol–water partition coefficient (Wildman–Crippen LogP) is 2.95. The standard InChI is InChI=1S/C15H17ClN2O2S/c1-12-3-4-14(10-16)9-15(12)21(19,20)18(2)11-13-5-7-17-8-6-13/h3-9H,10-11H2,1-2H3. The van der Waals surface area contributed by atoms with Crippen LogP contribution < -0.4 is 0 Å². The van der Waals surface area contributed by atoms with Gasteiger partial charge in [-0.3, -0.25) is 4.98 Å². The van der Waals surface area contributed by atoms with E-state index in [0.717, 1.165) is 11.1 Å². The highest BCUT2D eigenvalue weighted by atomic mass is 35.5. The van der Waals surface area contributed by atoms with E-state index in [1.165, 1.54) is 4.31 Å². The third-order valence-corrected chi connectivity index (χ3v) is 5.50. The topological polar surface area (TPSA) is 50.3 Å². The average molecular weight is 325 g/mol. The van der Waals surface area contributed by atoms with Crippen LogP contribution in [0.2, 0.25) is 0 Å². The first-order valence-corrected chi connectivity index (χ1v) is 8.43. The molecule has 112 valence electrons. The first-order chi connectivity index (χ1) is 9.95. The molecule has 0 aliphatic heterocycles. The van der Waals surface area contributed by atoms with Gasteiger partial charge < -0.3 is 0 Å². The molecule has 0 amide bonds. The Morgan fingerprint density at radius 3 is 2.43 bits per heavy atom. The molecule has 0 unspecified atom stereocenters. The van der Waals surface area contributed by atoms with Gasteiger partial charge >= 0.3 is 0 Å². The molecule has 1 aromatic heterocycles. The molecular weight excluding hydrogens is 308 g/mol. The Kier molecular flexibility index (Phi) is 4.98. The first-order valence-electron chi connectivity index (χ1n) is 6.46. The van der Waals surface area contributed by atoms with Crippen LogP contribution in [0.25, 0.3) is 0 Å². The Balaban J connectivity index is 2.33. The van der Waals surface area contributed by atoms with E-state index < -0.39 is 10.0 Å². The molecule has 0 spiro atoms. The van der Waals surface area contributed by atoms with Crippen molar-refractivity contribution in [1.29, 1.82) is 0 Å². The van der Waals surface area contributed by atoms with Gasteiger partial charge in [-0.2, -0.15) is 4.31 Å². The normalized spacial score (nSPS) is 11.8. The lowest BCUT2D eigenvalue weighted by molar-refractivity contribution is 0.466. The van der Waals surface area contributed by atoms with Crippen molar-refractivity contribution in [2.24, 2.45) is 0 Å². The summed E-state index contributed by atoms with van der Waals surface area (Å²) < 4.78 is 26.7. The molecule has 0 aliphatic rings. The number of aryl methyl sites for hydroxylation is 1. The van der Waals surface area contributed by atoms with E-state index >= 15 is 0 Å². The van der Waals surface area contributed by atoms with Gasteiger partial charge in [-0.1, -0.05) is 12.1 Å². The van der Waals surface area contributed by atoms with Crippen LogP contribution in [0.5, 0.6) is 0 Å². The van der Waals surface area contributed by atoms with Crippen molar-refractivity contribution in [3.05, 3.63) is 59.4 Å². The summed E-state index contributed by atoms with van der Waals surface area (Å²) in [5, 5.41) is 0. The molecule has 6 heteroatoms. The molecule has 0 radical (unpaired) electrons. The molecular formula is C15H17ClN2O2S. The Labute approximate surface area is 130 Å². The number of aromatic nitrogens is 1. The number of sulfonamides is 1. The quantitative estimate of drug-likeness (QED) is 0.794. The minimum Gasteiger partial charge on any atom is -0.265 e.